The first-order valence-corrected chi connectivity index (χ1v) is 30.1. The van der Waals surface area contributed by atoms with E-state index in [9.17, 15) is 0 Å². The molecule has 0 unspecified atom stereocenters. The monoisotopic (exact) mass is 1100 g/mol. The van der Waals surface area contributed by atoms with Gasteiger partial charge in [0, 0.05) is 32.9 Å². The molecule has 0 radical (unpaired) electrons. The van der Waals surface area contributed by atoms with Crippen molar-refractivity contribution >= 4 is 43.6 Å². The SMILES string of the molecule is c1ccc(-c2ccc(-n3c4ccccc4c4cc(-c5ccc6c(c5)c5ccccc5n6-c5cccc(-c6ccc(-c7ccc(-c8cccc(-c9ccc(C%10(c%11ccccc%11)c%11ccccc%11-c%11ccccc%11%10)cc9)c8)cc7)cc6)c5)ccc43)cc2)cc1. The quantitative estimate of drug-likeness (QED) is 0.129. The third-order valence-corrected chi connectivity index (χ3v) is 18.5. The summed E-state index contributed by atoms with van der Waals surface area (Å²) in [5.41, 5.74) is 28.8. The van der Waals surface area contributed by atoms with Gasteiger partial charge in [0.2, 0.25) is 0 Å². The van der Waals surface area contributed by atoms with Gasteiger partial charge in [-0.2, -0.15) is 0 Å². The standard InChI is InChI=1S/C85H56N2/c1-3-17-57(18-4-1)60-43-49-71(50-44-60)86-81-31-13-9-27-75(81)77-55-67(45-51-83(77)86)68-46-52-84-78(56-68)76-28-10-14-32-82(76)87(84)72-24-16-21-66(54-72)62-39-35-59(36-40-62)58-33-37-61(38-34-58)64-19-15-20-65(53-64)63-41-47-70(48-42-63)85(69-22-5-2-6-23-69)79-29-11-7-25-73(79)74-26-8-12-30-80(74)85/h1-56H. The average molecular weight is 1110 g/mol. The molecule has 17 rings (SSSR count). The first-order valence-electron chi connectivity index (χ1n) is 30.1. The van der Waals surface area contributed by atoms with Crippen molar-refractivity contribution in [3.8, 4) is 89.3 Å². The molecule has 406 valence electrons. The zero-order valence-electron chi connectivity index (χ0n) is 47.7. The van der Waals surface area contributed by atoms with E-state index in [0.717, 1.165) is 11.4 Å². The minimum absolute atomic E-state index is 0.409. The first-order chi connectivity index (χ1) is 43.1. The largest absolute Gasteiger partial charge is 0.309 e. The van der Waals surface area contributed by atoms with E-state index >= 15 is 0 Å². The second kappa shape index (κ2) is 20.5. The van der Waals surface area contributed by atoms with Crippen LogP contribution in [0.25, 0.3) is 133 Å². The second-order valence-electron chi connectivity index (χ2n) is 23.2. The van der Waals surface area contributed by atoms with Gasteiger partial charge in [-0.05, 0) is 167 Å². The summed E-state index contributed by atoms with van der Waals surface area (Å²) in [6, 6.07) is 125. The van der Waals surface area contributed by atoms with Crippen molar-refractivity contribution in [2.75, 3.05) is 0 Å². The highest BCUT2D eigenvalue weighted by Gasteiger charge is 2.45. The van der Waals surface area contributed by atoms with Gasteiger partial charge in [-0.25, -0.2) is 0 Å². The fraction of sp³-hybridized carbons (Fsp3) is 0.0118. The van der Waals surface area contributed by atoms with Crippen molar-refractivity contribution in [1.82, 2.24) is 9.13 Å². The van der Waals surface area contributed by atoms with Crippen LogP contribution in [-0.4, -0.2) is 9.13 Å². The van der Waals surface area contributed by atoms with E-state index in [0.29, 0.717) is 0 Å². The molecule has 0 bridgehead atoms. The molecule has 2 heteroatoms. The molecule has 14 aromatic carbocycles. The number of aromatic nitrogens is 2. The first kappa shape index (κ1) is 50.2. The van der Waals surface area contributed by atoms with Gasteiger partial charge in [0.15, 0.2) is 0 Å². The molecule has 0 saturated carbocycles. The normalized spacial score (nSPS) is 12.5. The van der Waals surface area contributed by atoms with E-state index in [1.165, 1.54) is 144 Å². The van der Waals surface area contributed by atoms with Crippen molar-refractivity contribution < 1.29 is 0 Å². The molecule has 0 spiro atoms. The van der Waals surface area contributed by atoms with E-state index in [4.69, 9.17) is 0 Å². The van der Waals surface area contributed by atoms with Crippen LogP contribution in [0.4, 0.5) is 0 Å². The predicted octanol–water partition coefficient (Wildman–Crippen LogP) is 22.2. The van der Waals surface area contributed by atoms with Gasteiger partial charge >= 0.3 is 0 Å². The van der Waals surface area contributed by atoms with Gasteiger partial charge < -0.3 is 9.13 Å². The second-order valence-corrected chi connectivity index (χ2v) is 23.2. The number of hydrogen-bond donors (Lipinski definition) is 0. The van der Waals surface area contributed by atoms with E-state index < -0.39 is 5.41 Å². The van der Waals surface area contributed by atoms with Gasteiger partial charge in [-0.3, -0.25) is 0 Å². The molecule has 0 amide bonds. The Morgan fingerprint density at radius 2 is 0.517 bits per heavy atom. The van der Waals surface area contributed by atoms with Crippen LogP contribution in [0.5, 0.6) is 0 Å². The van der Waals surface area contributed by atoms with Gasteiger partial charge in [0.1, 0.15) is 0 Å². The van der Waals surface area contributed by atoms with Gasteiger partial charge in [0.25, 0.3) is 0 Å². The van der Waals surface area contributed by atoms with Crippen LogP contribution < -0.4 is 0 Å². The van der Waals surface area contributed by atoms with Crippen LogP contribution >= 0.6 is 0 Å². The Morgan fingerprint density at radius 1 is 0.184 bits per heavy atom. The summed E-state index contributed by atoms with van der Waals surface area (Å²) >= 11 is 0. The number of nitrogens with zero attached hydrogens (tertiary/aromatic N) is 2. The topological polar surface area (TPSA) is 9.86 Å². The average Bonchev–Trinajstić information content (AvgIpc) is 1.66. The van der Waals surface area contributed by atoms with E-state index in [1.807, 2.05) is 0 Å². The number of fused-ring (bicyclic) bond motifs is 9. The molecule has 1 aliphatic rings. The molecule has 2 aromatic heterocycles. The highest BCUT2D eigenvalue weighted by molar-refractivity contribution is 6.13. The van der Waals surface area contributed by atoms with Gasteiger partial charge in [0.05, 0.1) is 27.5 Å². The Morgan fingerprint density at radius 3 is 1.05 bits per heavy atom. The highest BCUT2D eigenvalue weighted by atomic mass is 15.0. The molecule has 16 aromatic rings. The lowest BCUT2D eigenvalue weighted by Gasteiger charge is -2.34. The Kier molecular flexibility index (Phi) is 11.8. The molecule has 0 saturated heterocycles. The number of para-hydroxylation sites is 2. The van der Waals surface area contributed by atoms with E-state index in [2.05, 4.69) is 349 Å². The molecular weight excluding hydrogens is 1050 g/mol. The number of hydrogen-bond acceptors (Lipinski definition) is 0. The van der Waals surface area contributed by atoms with Crippen molar-refractivity contribution in [3.63, 3.8) is 0 Å². The van der Waals surface area contributed by atoms with Crippen molar-refractivity contribution in [2.45, 2.75) is 5.41 Å². The third kappa shape index (κ3) is 8.25. The maximum Gasteiger partial charge on any atom is 0.0713 e. The van der Waals surface area contributed by atoms with Gasteiger partial charge in [-0.1, -0.05) is 273 Å². The van der Waals surface area contributed by atoms with Crippen LogP contribution in [-0.2, 0) is 5.41 Å². The number of benzene rings is 14. The fourth-order valence-electron chi connectivity index (χ4n) is 14.3. The van der Waals surface area contributed by atoms with Crippen LogP contribution in [0, 0.1) is 0 Å². The van der Waals surface area contributed by atoms with Crippen LogP contribution in [0.2, 0.25) is 0 Å². The summed E-state index contributed by atoms with van der Waals surface area (Å²) in [5.74, 6) is 0. The smallest absolute Gasteiger partial charge is 0.0713 e. The summed E-state index contributed by atoms with van der Waals surface area (Å²) in [6.07, 6.45) is 0. The molecule has 1 aliphatic carbocycles. The van der Waals surface area contributed by atoms with Crippen LogP contribution in [0.1, 0.15) is 22.3 Å². The van der Waals surface area contributed by atoms with Crippen LogP contribution in [0.3, 0.4) is 0 Å². The maximum absolute atomic E-state index is 2.43. The van der Waals surface area contributed by atoms with E-state index in [1.54, 1.807) is 0 Å². The molecule has 0 aliphatic heterocycles. The van der Waals surface area contributed by atoms with Gasteiger partial charge in [-0.15, -0.1) is 0 Å². The lowest BCUT2D eigenvalue weighted by Crippen LogP contribution is -2.28. The Labute approximate surface area is 506 Å². The lowest BCUT2D eigenvalue weighted by atomic mass is 9.67. The molecule has 2 nitrogen and oxygen atoms in total. The summed E-state index contributed by atoms with van der Waals surface area (Å²) in [7, 11) is 0. The third-order valence-electron chi connectivity index (χ3n) is 18.5. The maximum atomic E-state index is 2.43. The van der Waals surface area contributed by atoms with Crippen molar-refractivity contribution in [2.24, 2.45) is 0 Å². The minimum atomic E-state index is -0.409. The summed E-state index contributed by atoms with van der Waals surface area (Å²) in [6.45, 7) is 0. The zero-order valence-corrected chi connectivity index (χ0v) is 47.7. The molecular formula is C85H56N2. The predicted molar refractivity (Wildman–Crippen MR) is 365 cm³/mol. The summed E-state index contributed by atoms with van der Waals surface area (Å²) in [5, 5.41) is 4.96. The molecule has 0 N–H and O–H groups in total. The zero-order chi connectivity index (χ0) is 57.4. The highest BCUT2D eigenvalue weighted by Crippen LogP contribution is 2.56. The molecule has 0 fully saturated rings. The minimum Gasteiger partial charge on any atom is -0.309 e. The van der Waals surface area contributed by atoms with Crippen molar-refractivity contribution in [1.29, 1.82) is 0 Å². The lowest BCUT2D eigenvalue weighted by molar-refractivity contribution is 0.768. The van der Waals surface area contributed by atoms with E-state index in [-0.39, 0.29) is 0 Å². The molecule has 87 heavy (non-hydrogen) atoms. The molecule has 0 atom stereocenters. The van der Waals surface area contributed by atoms with Crippen LogP contribution in [0.15, 0.2) is 340 Å². The number of rotatable bonds is 10. The Hall–Kier alpha value is -11.3. The summed E-state index contributed by atoms with van der Waals surface area (Å²) < 4.78 is 4.83. The fourth-order valence-corrected chi connectivity index (χ4v) is 14.3. The molecule has 2 heterocycles. The Balaban J connectivity index is 0.633. The van der Waals surface area contributed by atoms with Crippen molar-refractivity contribution in [3.05, 3.63) is 362 Å². The summed E-state index contributed by atoms with van der Waals surface area (Å²) in [4.78, 5) is 0. The Bertz CT molecular complexity index is 5230.